The summed E-state index contributed by atoms with van der Waals surface area (Å²) in [7, 11) is 1.59. The summed E-state index contributed by atoms with van der Waals surface area (Å²) in [6.45, 7) is 3.41. The molecular weight excluding hydrogens is 236 g/mol. The zero-order valence-corrected chi connectivity index (χ0v) is 10.7. The first-order chi connectivity index (χ1) is 8.56. The van der Waals surface area contributed by atoms with Crippen LogP contribution in [-0.4, -0.2) is 40.3 Å². The number of ether oxygens (including phenoxy) is 1. The quantitative estimate of drug-likeness (QED) is 0.852. The lowest BCUT2D eigenvalue weighted by Crippen LogP contribution is -2.47. The molecule has 0 amide bonds. The highest BCUT2D eigenvalue weighted by molar-refractivity contribution is 5.78. The lowest BCUT2D eigenvalue weighted by Gasteiger charge is -2.30. The molecule has 0 spiro atoms. The van der Waals surface area contributed by atoms with Gasteiger partial charge in [-0.3, -0.25) is 9.69 Å². The second-order valence-corrected chi connectivity index (χ2v) is 4.82. The van der Waals surface area contributed by atoms with Gasteiger partial charge in [-0.1, -0.05) is 5.16 Å². The maximum absolute atomic E-state index is 11.3. The van der Waals surface area contributed by atoms with Crippen LogP contribution in [0, 0.1) is 0 Å². The fourth-order valence-electron chi connectivity index (χ4n) is 2.35. The number of hydrogen-bond donors (Lipinski definition) is 1. The van der Waals surface area contributed by atoms with Crippen LogP contribution in [0.3, 0.4) is 0 Å². The lowest BCUT2D eigenvalue weighted by atomic mass is 9.99. The highest BCUT2D eigenvalue weighted by atomic mass is 16.5. The molecule has 6 nitrogen and oxygen atoms in total. The zero-order valence-electron chi connectivity index (χ0n) is 10.7. The van der Waals surface area contributed by atoms with Gasteiger partial charge in [-0.05, 0) is 26.3 Å². The van der Waals surface area contributed by atoms with Crippen LogP contribution in [0.25, 0.3) is 0 Å². The van der Waals surface area contributed by atoms with E-state index < -0.39 is 11.5 Å². The smallest absolute Gasteiger partial charge is 0.323 e. The minimum atomic E-state index is -0.791. The molecule has 18 heavy (non-hydrogen) atoms. The predicted octanol–water partition coefficient (Wildman–Crippen LogP) is 1.26. The highest BCUT2D eigenvalue weighted by Gasteiger charge is 2.43. The molecule has 1 aliphatic heterocycles. The highest BCUT2D eigenvalue weighted by Crippen LogP contribution is 2.30. The molecule has 1 aliphatic rings. The molecule has 0 bridgehead atoms. The van der Waals surface area contributed by atoms with Gasteiger partial charge >= 0.3 is 5.97 Å². The van der Waals surface area contributed by atoms with Gasteiger partial charge in [0.15, 0.2) is 5.76 Å². The minimum Gasteiger partial charge on any atom is -0.480 e. The standard InChI is InChI=1S/C12H18N2O4/c1-12(11(15)16)4-3-5-14(12)7-9-6-10(8-17-2)18-13-9/h6H,3-5,7-8H2,1-2H3,(H,15,16). The number of rotatable bonds is 5. The maximum atomic E-state index is 11.3. The van der Waals surface area contributed by atoms with Crippen molar-refractivity contribution in [3.05, 3.63) is 17.5 Å². The molecule has 1 fully saturated rings. The molecule has 1 N–H and O–H groups in total. The largest absolute Gasteiger partial charge is 0.480 e. The van der Waals surface area contributed by atoms with Crippen LogP contribution >= 0.6 is 0 Å². The summed E-state index contributed by atoms with van der Waals surface area (Å²) in [5.41, 5.74) is -0.0446. The van der Waals surface area contributed by atoms with Crippen LogP contribution < -0.4 is 0 Å². The Kier molecular flexibility index (Phi) is 3.68. The van der Waals surface area contributed by atoms with E-state index in [1.165, 1.54) is 0 Å². The Morgan fingerprint density at radius 1 is 1.72 bits per heavy atom. The Balaban J connectivity index is 2.06. The Hall–Kier alpha value is -1.40. The van der Waals surface area contributed by atoms with Crippen molar-refractivity contribution in [3.63, 3.8) is 0 Å². The summed E-state index contributed by atoms with van der Waals surface area (Å²) in [6.07, 6.45) is 1.57. The summed E-state index contributed by atoms with van der Waals surface area (Å²) < 4.78 is 10.0. The molecule has 1 aromatic heterocycles. The van der Waals surface area contributed by atoms with Crippen LogP contribution in [0.1, 0.15) is 31.2 Å². The van der Waals surface area contributed by atoms with Crippen LogP contribution in [-0.2, 0) is 22.7 Å². The topological polar surface area (TPSA) is 75.8 Å². The van der Waals surface area contributed by atoms with Crippen molar-refractivity contribution >= 4 is 5.97 Å². The molecule has 1 atom stereocenters. The first-order valence-corrected chi connectivity index (χ1v) is 5.98. The van der Waals surface area contributed by atoms with Gasteiger partial charge in [0.05, 0.1) is 5.69 Å². The molecule has 1 saturated heterocycles. The maximum Gasteiger partial charge on any atom is 0.323 e. The summed E-state index contributed by atoms with van der Waals surface area (Å²) >= 11 is 0. The summed E-state index contributed by atoms with van der Waals surface area (Å²) in [4.78, 5) is 13.3. The molecule has 0 aliphatic carbocycles. The number of carboxylic acids is 1. The van der Waals surface area contributed by atoms with E-state index in [0.717, 1.165) is 18.7 Å². The van der Waals surface area contributed by atoms with Gasteiger partial charge in [0.25, 0.3) is 0 Å². The number of likely N-dealkylation sites (tertiary alicyclic amines) is 1. The molecule has 0 saturated carbocycles. The number of aromatic nitrogens is 1. The van der Waals surface area contributed by atoms with Crippen LogP contribution in [0.5, 0.6) is 0 Å². The number of carbonyl (C=O) groups is 1. The molecule has 1 aromatic rings. The molecular formula is C12H18N2O4. The Labute approximate surface area is 106 Å². The van der Waals surface area contributed by atoms with E-state index in [2.05, 4.69) is 5.16 Å². The predicted molar refractivity (Wildman–Crippen MR) is 62.9 cm³/mol. The molecule has 2 rings (SSSR count). The Bertz CT molecular complexity index is 431. The van der Waals surface area contributed by atoms with E-state index in [0.29, 0.717) is 25.3 Å². The SMILES string of the molecule is COCc1cc(CN2CCCC2(C)C(=O)O)no1. The average Bonchev–Trinajstić information content (AvgIpc) is 2.89. The van der Waals surface area contributed by atoms with Crippen molar-refractivity contribution in [1.82, 2.24) is 10.1 Å². The van der Waals surface area contributed by atoms with E-state index in [1.54, 1.807) is 14.0 Å². The van der Waals surface area contributed by atoms with Crippen molar-refractivity contribution < 1.29 is 19.2 Å². The van der Waals surface area contributed by atoms with Gasteiger partial charge in [-0.2, -0.15) is 0 Å². The Morgan fingerprint density at radius 3 is 3.17 bits per heavy atom. The molecule has 2 heterocycles. The van der Waals surface area contributed by atoms with Crippen molar-refractivity contribution in [2.75, 3.05) is 13.7 Å². The average molecular weight is 254 g/mol. The molecule has 1 unspecified atom stereocenters. The summed E-state index contributed by atoms with van der Waals surface area (Å²) in [5, 5.41) is 13.2. The number of carboxylic acid groups (broad SMARTS) is 1. The minimum absolute atomic E-state index is 0.378. The molecule has 0 aromatic carbocycles. The van der Waals surface area contributed by atoms with Gasteiger partial charge in [-0.15, -0.1) is 0 Å². The van der Waals surface area contributed by atoms with Gasteiger partial charge in [0.2, 0.25) is 0 Å². The number of methoxy groups -OCH3 is 1. The fourth-order valence-corrected chi connectivity index (χ4v) is 2.35. The van der Waals surface area contributed by atoms with E-state index in [9.17, 15) is 9.90 Å². The number of hydrogen-bond acceptors (Lipinski definition) is 5. The fraction of sp³-hybridized carbons (Fsp3) is 0.667. The van der Waals surface area contributed by atoms with E-state index in [4.69, 9.17) is 9.26 Å². The molecule has 100 valence electrons. The first kappa shape index (κ1) is 13.0. The van der Waals surface area contributed by atoms with Crippen molar-refractivity contribution in [1.29, 1.82) is 0 Å². The second kappa shape index (κ2) is 5.07. The van der Waals surface area contributed by atoms with Gasteiger partial charge < -0.3 is 14.4 Å². The lowest BCUT2D eigenvalue weighted by molar-refractivity contribution is -0.148. The van der Waals surface area contributed by atoms with Gasteiger partial charge in [0.1, 0.15) is 12.1 Å². The number of nitrogens with zero attached hydrogens (tertiary/aromatic N) is 2. The third-order valence-electron chi connectivity index (χ3n) is 3.50. The molecule has 0 radical (unpaired) electrons. The third-order valence-corrected chi connectivity index (χ3v) is 3.50. The zero-order chi connectivity index (χ0) is 13.2. The van der Waals surface area contributed by atoms with E-state index >= 15 is 0 Å². The number of aliphatic carboxylic acids is 1. The van der Waals surface area contributed by atoms with Crippen molar-refractivity contribution in [3.8, 4) is 0 Å². The van der Waals surface area contributed by atoms with Crippen LogP contribution in [0.4, 0.5) is 0 Å². The summed E-state index contributed by atoms with van der Waals surface area (Å²) in [5.74, 6) is -0.121. The van der Waals surface area contributed by atoms with Crippen LogP contribution in [0.15, 0.2) is 10.6 Å². The first-order valence-electron chi connectivity index (χ1n) is 5.98. The van der Waals surface area contributed by atoms with Crippen molar-refractivity contribution in [2.24, 2.45) is 0 Å². The van der Waals surface area contributed by atoms with E-state index in [-0.39, 0.29) is 0 Å². The third kappa shape index (κ3) is 2.39. The van der Waals surface area contributed by atoms with Gasteiger partial charge in [-0.25, -0.2) is 0 Å². The van der Waals surface area contributed by atoms with Gasteiger partial charge in [0, 0.05) is 19.7 Å². The monoisotopic (exact) mass is 254 g/mol. The van der Waals surface area contributed by atoms with E-state index in [1.807, 2.05) is 11.0 Å². The van der Waals surface area contributed by atoms with Crippen LogP contribution in [0.2, 0.25) is 0 Å². The second-order valence-electron chi connectivity index (χ2n) is 4.82. The molecule has 6 heteroatoms. The van der Waals surface area contributed by atoms with Crippen molar-refractivity contribution in [2.45, 2.75) is 38.5 Å². The Morgan fingerprint density at radius 2 is 2.50 bits per heavy atom. The summed E-state index contributed by atoms with van der Waals surface area (Å²) in [6, 6.07) is 1.81. The normalized spacial score (nSPS) is 24.6.